The van der Waals surface area contributed by atoms with E-state index < -0.39 is 7.60 Å². The second-order valence-corrected chi connectivity index (χ2v) is 9.01. The van der Waals surface area contributed by atoms with Gasteiger partial charge in [-0.05, 0) is 27.5 Å². The van der Waals surface area contributed by atoms with E-state index in [0.29, 0.717) is 16.7 Å². The van der Waals surface area contributed by atoms with Gasteiger partial charge in [0, 0.05) is 19.5 Å². The Morgan fingerprint density at radius 2 is 1.29 bits per heavy atom. The fourth-order valence-electron chi connectivity index (χ4n) is 2.17. The number of hydrogen-bond donors (Lipinski definition) is 3. The van der Waals surface area contributed by atoms with Crippen molar-refractivity contribution < 1.29 is 38.9 Å². The van der Waals surface area contributed by atoms with E-state index in [0.717, 1.165) is 0 Å². The van der Waals surface area contributed by atoms with Crippen molar-refractivity contribution in [3.8, 4) is 5.75 Å². The predicted octanol–water partition coefficient (Wildman–Crippen LogP) is 3.66. The molecule has 0 spiro atoms. The van der Waals surface area contributed by atoms with E-state index in [4.69, 9.17) is 0 Å². The average Bonchev–Trinajstić information content (AvgIpc) is 2.14. The first-order valence-electron chi connectivity index (χ1n) is 6.63. The van der Waals surface area contributed by atoms with Gasteiger partial charge in [-0.25, -0.2) is 0 Å². The average molecular weight is 366 g/mol. The maximum absolute atomic E-state index is 11.2. The van der Waals surface area contributed by atoms with Crippen LogP contribution in [0.25, 0.3) is 0 Å². The third-order valence-electron chi connectivity index (χ3n) is 3.17. The minimum absolute atomic E-state index is 0. The minimum atomic E-state index is -4.13. The van der Waals surface area contributed by atoms with Crippen LogP contribution in [0.4, 0.5) is 0 Å². The van der Waals surface area contributed by atoms with E-state index in [1.165, 1.54) is 0 Å². The van der Waals surface area contributed by atoms with Gasteiger partial charge in [0.15, 0.2) is 0 Å². The Balaban J connectivity index is 0.00000400. The van der Waals surface area contributed by atoms with Gasteiger partial charge in [-0.1, -0.05) is 53.7 Å². The van der Waals surface area contributed by atoms with Gasteiger partial charge in [0.25, 0.3) is 0 Å². The number of phenols is 1. The Labute approximate surface area is 139 Å². The molecule has 0 radical (unpaired) electrons. The third kappa shape index (κ3) is 5.83. The SMILES string of the molecule is CC(C)(C)c1cc(CP(=O)(O)O)cc(C(C)(C)C)c1O.[Zn]. The molecule has 6 heteroatoms. The van der Waals surface area contributed by atoms with Crippen LogP contribution in [0.15, 0.2) is 12.1 Å². The summed E-state index contributed by atoms with van der Waals surface area (Å²) >= 11 is 0. The molecule has 0 saturated carbocycles. The maximum Gasteiger partial charge on any atom is 0.329 e. The number of aromatic hydroxyl groups is 1. The first kappa shape index (κ1) is 20.8. The zero-order valence-electron chi connectivity index (χ0n) is 13.8. The summed E-state index contributed by atoms with van der Waals surface area (Å²) in [6.07, 6.45) is -0.306. The summed E-state index contributed by atoms with van der Waals surface area (Å²) in [5.41, 5.74) is 1.40. The van der Waals surface area contributed by atoms with Crippen LogP contribution < -0.4 is 0 Å². The Morgan fingerprint density at radius 3 is 1.52 bits per heavy atom. The molecule has 0 aliphatic heterocycles. The molecule has 116 valence electrons. The number of hydrogen-bond acceptors (Lipinski definition) is 2. The topological polar surface area (TPSA) is 77.8 Å². The molecule has 0 saturated heterocycles. The molecule has 1 aromatic carbocycles. The smallest absolute Gasteiger partial charge is 0.329 e. The van der Waals surface area contributed by atoms with Crippen molar-refractivity contribution in [3.05, 3.63) is 28.8 Å². The molecule has 0 bridgehead atoms. The normalized spacial score (nSPS) is 13.0. The standard InChI is InChI=1S/C15H25O4P.Zn/c1-14(2,3)11-7-10(9-20(17,18)19)8-12(13(11)16)15(4,5)6;/h7-8,16H,9H2,1-6H3,(H2,17,18,19);. The summed E-state index contributed by atoms with van der Waals surface area (Å²) in [5.74, 6) is 0.222. The molecule has 1 rings (SSSR count). The van der Waals surface area contributed by atoms with Crippen LogP contribution in [-0.4, -0.2) is 14.9 Å². The van der Waals surface area contributed by atoms with Crippen molar-refractivity contribution in [2.45, 2.75) is 58.5 Å². The van der Waals surface area contributed by atoms with Gasteiger partial charge in [-0.15, -0.1) is 0 Å². The van der Waals surface area contributed by atoms with Crippen LogP contribution in [-0.2, 0) is 41.0 Å². The van der Waals surface area contributed by atoms with E-state index in [1.54, 1.807) is 12.1 Å². The molecular formula is C15H25O4PZn. The quantitative estimate of drug-likeness (QED) is 0.552. The van der Waals surface area contributed by atoms with Gasteiger partial charge in [0.1, 0.15) is 5.75 Å². The van der Waals surface area contributed by atoms with Crippen LogP contribution >= 0.6 is 7.60 Å². The molecule has 0 atom stereocenters. The van der Waals surface area contributed by atoms with Crippen molar-refractivity contribution in [3.63, 3.8) is 0 Å². The molecule has 1 aromatic rings. The number of benzene rings is 1. The van der Waals surface area contributed by atoms with E-state index in [9.17, 15) is 19.5 Å². The molecular weight excluding hydrogens is 341 g/mol. The number of phenolic OH excluding ortho intramolecular Hbond substituents is 1. The summed E-state index contributed by atoms with van der Waals surface area (Å²) < 4.78 is 11.2. The zero-order valence-corrected chi connectivity index (χ0v) is 17.6. The molecule has 0 unspecified atom stereocenters. The van der Waals surface area contributed by atoms with Crippen LogP contribution in [0.3, 0.4) is 0 Å². The maximum atomic E-state index is 11.2. The van der Waals surface area contributed by atoms with Gasteiger partial charge in [0.2, 0.25) is 0 Å². The van der Waals surface area contributed by atoms with Crippen LogP contribution in [0.1, 0.15) is 58.2 Å². The summed E-state index contributed by atoms with van der Waals surface area (Å²) in [5, 5.41) is 10.5. The molecule has 21 heavy (non-hydrogen) atoms. The fourth-order valence-corrected chi connectivity index (χ4v) is 2.83. The van der Waals surface area contributed by atoms with Gasteiger partial charge < -0.3 is 14.9 Å². The van der Waals surface area contributed by atoms with Gasteiger partial charge in [-0.3, -0.25) is 4.57 Å². The predicted molar refractivity (Wildman–Crippen MR) is 81.3 cm³/mol. The minimum Gasteiger partial charge on any atom is -0.507 e. The monoisotopic (exact) mass is 364 g/mol. The third-order valence-corrected chi connectivity index (χ3v) is 3.95. The molecule has 4 nitrogen and oxygen atoms in total. The van der Waals surface area contributed by atoms with Crippen molar-refractivity contribution in [2.75, 3.05) is 0 Å². The van der Waals surface area contributed by atoms with Crippen LogP contribution in [0.5, 0.6) is 5.75 Å². The van der Waals surface area contributed by atoms with E-state index >= 15 is 0 Å². The molecule has 0 heterocycles. The molecule has 0 amide bonds. The zero-order chi connectivity index (χ0) is 15.9. The summed E-state index contributed by atoms with van der Waals surface area (Å²) in [4.78, 5) is 18.4. The Morgan fingerprint density at radius 1 is 0.952 bits per heavy atom. The molecule has 0 aliphatic carbocycles. The first-order valence-corrected chi connectivity index (χ1v) is 8.43. The van der Waals surface area contributed by atoms with Crippen LogP contribution in [0.2, 0.25) is 0 Å². The summed E-state index contributed by atoms with van der Waals surface area (Å²) in [6.45, 7) is 11.8. The second-order valence-electron chi connectivity index (χ2n) is 7.36. The number of rotatable bonds is 2. The van der Waals surface area contributed by atoms with Crippen molar-refractivity contribution in [1.82, 2.24) is 0 Å². The Kier molecular flexibility index (Phi) is 6.44. The fraction of sp³-hybridized carbons (Fsp3) is 0.600. The van der Waals surface area contributed by atoms with E-state index in [2.05, 4.69) is 0 Å². The summed E-state index contributed by atoms with van der Waals surface area (Å²) in [7, 11) is -4.13. The van der Waals surface area contributed by atoms with Crippen LogP contribution in [0, 0.1) is 0 Å². The molecule has 0 aromatic heterocycles. The van der Waals surface area contributed by atoms with Crippen molar-refractivity contribution >= 4 is 7.60 Å². The second kappa shape index (κ2) is 6.50. The molecule has 0 fully saturated rings. The Hall–Kier alpha value is -0.207. The van der Waals surface area contributed by atoms with Gasteiger partial charge >= 0.3 is 7.60 Å². The van der Waals surface area contributed by atoms with Gasteiger partial charge in [-0.2, -0.15) is 0 Å². The van der Waals surface area contributed by atoms with E-state index in [-0.39, 0.29) is 42.2 Å². The van der Waals surface area contributed by atoms with Crippen molar-refractivity contribution in [1.29, 1.82) is 0 Å². The first-order chi connectivity index (χ1) is 8.72. The van der Waals surface area contributed by atoms with E-state index in [1.807, 2.05) is 41.5 Å². The summed E-state index contributed by atoms with van der Waals surface area (Å²) in [6, 6.07) is 3.40. The molecule has 3 N–H and O–H groups in total. The molecule has 0 aliphatic rings. The van der Waals surface area contributed by atoms with Crippen molar-refractivity contribution in [2.24, 2.45) is 0 Å². The Bertz CT molecular complexity index is 515. The largest absolute Gasteiger partial charge is 0.507 e. The van der Waals surface area contributed by atoms with Gasteiger partial charge in [0.05, 0.1) is 6.16 Å².